The van der Waals surface area contributed by atoms with Gasteiger partial charge in [-0.25, -0.2) is 9.37 Å². The molecule has 1 saturated carbocycles. The van der Waals surface area contributed by atoms with Crippen LogP contribution in [0.15, 0.2) is 30.7 Å². The Labute approximate surface area is 157 Å². The molecule has 1 aliphatic carbocycles. The van der Waals surface area contributed by atoms with E-state index in [0.717, 1.165) is 21.8 Å². The molecule has 0 spiro atoms. The molecule has 4 rings (SSSR count). The number of carbonyl (C=O) groups is 1. The summed E-state index contributed by atoms with van der Waals surface area (Å²) in [7, 11) is 1.39. The molecule has 2 aliphatic rings. The molecule has 2 heterocycles. The molecule has 6 heteroatoms. The molecular weight excluding hydrogens is 355 g/mol. The minimum atomic E-state index is -1.23. The van der Waals surface area contributed by atoms with Crippen LogP contribution in [0.1, 0.15) is 50.1 Å². The van der Waals surface area contributed by atoms with Crippen LogP contribution in [0, 0.1) is 5.92 Å². The Morgan fingerprint density at radius 1 is 1.42 bits per heavy atom. The third-order valence-corrected chi connectivity index (χ3v) is 6.28. The van der Waals surface area contributed by atoms with Crippen molar-refractivity contribution < 1.29 is 13.9 Å². The Morgan fingerprint density at radius 2 is 2.19 bits per heavy atom. The first-order valence-corrected chi connectivity index (χ1v) is 9.47. The van der Waals surface area contributed by atoms with Crippen LogP contribution in [0.25, 0.3) is 11.3 Å². The number of nitrogens with zero attached hydrogens (tertiary/aromatic N) is 2. The molecular formula is C20H22ClFN2O2. The first-order valence-electron chi connectivity index (χ1n) is 9.10. The van der Waals surface area contributed by atoms with Gasteiger partial charge in [0.15, 0.2) is 0 Å². The number of carbonyl (C=O) groups excluding carboxylic acids is 1. The highest BCUT2D eigenvalue weighted by Gasteiger charge is 2.39. The molecule has 26 heavy (non-hydrogen) atoms. The summed E-state index contributed by atoms with van der Waals surface area (Å²) in [5.74, 6) is -0.377. The van der Waals surface area contributed by atoms with Crippen molar-refractivity contribution in [3.63, 3.8) is 0 Å². The number of rotatable bonds is 4. The van der Waals surface area contributed by atoms with Crippen LogP contribution >= 0.6 is 11.6 Å². The summed E-state index contributed by atoms with van der Waals surface area (Å²) in [4.78, 5) is 15.9. The van der Waals surface area contributed by atoms with E-state index in [4.69, 9.17) is 16.3 Å². The Hall–Kier alpha value is -1.88. The summed E-state index contributed by atoms with van der Waals surface area (Å²) < 4.78 is 22.2. The van der Waals surface area contributed by atoms with E-state index in [0.29, 0.717) is 38.5 Å². The Morgan fingerprint density at radius 3 is 2.92 bits per heavy atom. The van der Waals surface area contributed by atoms with Gasteiger partial charge in [-0.2, -0.15) is 0 Å². The molecule has 0 saturated heterocycles. The monoisotopic (exact) mass is 376 g/mol. The number of aromatic nitrogens is 2. The Kier molecular flexibility index (Phi) is 4.51. The largest absolute Gasteiger partial charge is 0.469 e. The second-order valence-corrected chi connectivity index (χ2v) is 7.80. The van der Waals surface area contributed by atoms with E-state index in [2.05, 4.69) is 9.55 Å². The van der Waals surface area contributed by atoms with Gasteiger partial charge in [0.2, 0.25) is 0 Å². The minimum Gasteiger partial charge on any atom is -0.469 e. The first-order chi connectivity index (χ1) is 12.5. The number of esters is 1. The molecule has 138 valence electrons. The van der Waals surface area contributed by atoms with Crippen LogP contribution in [-0.4, -0.2) is 28.3 Å². The van der Waals surface area contributed by atoms with Crippen molar-refractivity contribution >= 4 is 17.6 Å². The minimum absolute atomic E-state index is 0.0159. The third kappa shape index (κ3) is 2.92. The molecule has 0 radical (unpaired) electrons. The average Bonchev–Trinajstić information content (AvgIpc) is 3.22. The third-order valence-electron chi connectivity index (χ3n) is 5.95. The number of imidazole rings is 1. The zero-order chi connectivity index (χ0) is 18.3. The highest BCUT2D eigenvalue weighted by Crippen LogP contribution is 2.47. The number of alkyl halides is 1. The van der Waals surface area contributed by atoms with Crippen molar-refractivity contribution in [3.8, 4) is 11.3 Å². The van der Waals surface area contributed by atoms with E-state index in [1.807, 2.05) is 24.4 Å². The van der Waals surface area contributed by atoms with Crippen LogP contribution < -0.4 is 0 Å². The number of fused-ring (bicyclic) bond motifs is 3. The molecule has 1 unspecified atom stereocenters. The van der Waals surface area contributed by atoms with Crippen LogP contribution in [0.3, 0.4) is 0 Å². The lowest BCUT2D eigenvalue weighted by Crippen LogP contribution is -2.33. The molecule has 0 amide bonds. The van der Waals surface area contributed by atoms with Crippen molar-refractivity contribution in [2.24, 2.45) is 5.92 Å². The zero-order valence-corrected chi connectivity index (χ0v) is 15.5. The van der Waals surface area contributed by atoms with Gasteiger partial charge in [0.05, 0.1) is 37.3 Å². The van der Waals surface area contributed by atoms with Crippen molar-refractivity contribution in [3.05, 3.63) is 41.3 Å². The maximum atomic E-state index is 15.3. The highest BCUT2D eigenvalue weighted by atomic mass is 35.5. The molecule has 0 bridgehead atoms. The molecule has 1 aromatic heterocycles. The van der Waals surface area contributed by atoms with Crippen molar-refractivity contribution in [2.45, 2.75) is 50.2 Å². The number of hydrogen-bond acceptors (Lipinski definition) is 3. The van der Waals surface area contributed by atoms with Gasteiger partial charge < -0.3 is 9.30 Å². The predicted octanol–water partition coefficient (Wildman–Crippen LogP) is 4.96. The summed E-state index contributed by atoms with van der Waals surface area (Å²) in [5.41, 5.74) is 1.96. The lowest BCUT2D eigenvalue weighted by molar-refractivity contribution is -0.147. The standard InChI is InChI=1S/C20H22ClFN2O2/c1-26-19(25)13-5-8-20(22,9-6-13)10-7-16-18-14(3-2-4-15(18)21)17-11-23-12-24(16)17/h2-4,11-13,16H,5-10H2,1H3. The van der Waals surface area contributed by atoms with E-state index in [1.165, 1.54) is 7.11 Å². The Balaban J connectivity index is 1.49. The van der Waals surface area contributed by atoms with Gasteiger partial charge in [-0.05, 0) is 44.6 Å². The number of methoxy groups -OCH3 is 1. The SMILES string of the molecule is COC(=O)C1CCC(F)(CCC2c3c(Cl)cccc3-c3cncn32)CC1. The van der Waals surface area contributed by atoms with Crippen LogP contribution in [0.2, 0.25) is 5.02 Å². The van der Waals surface area contributed by atoms with E-state index >= 15 is 4.39 Å². The smallest absolute Gasteiger partial charge is 0.308 e. The summed E-state index contributed by atoms with van der Waals surface area (Å²) in [6, 6.07) is 5.88. The van der Waals surface area contributed by atoms with E-state index < -0.39 is 5.67 Å². The molecule has 1 aliphatic heterocycles. The van der Waals surface area contributed by atoms with Crippen molar-refractivity contribution in [1.82, 2.24) is 9.55 Å². The van der Waals surface area contributed by atoms with Crippen LogP contribution in [0.5, 0.6) is 0 Å². The van der Waals surface area contributed by atoms with Crippen molar-refractivity contribution in [1.29, 1.82) is 0 Å². The Bertz CT molecular complexity index is 827. The number of halogens is 2. The molecule has 4 nitrogen and oxygen atoms in total. The predicted molar refractivity (Wildman–Crippen MR) is 97.9 cm³/mol. The summed E-state index contributed by atoms with van der Waals surface area (Å²) in [6.45, 7) is 0. The van der Waals surface area contributed by atoms with E-state index in [9.17, 15) is 4.79 Å². The molecule has 1 atom stereocenters. The van der Waals surface area contributed by atoms with Crippen LogP contribution in [-0.2, 0) is 9.53 Å². The molecule has 0 N–H and O–H groups in total. The van der Waals surface area contributed by atoms with E-state index in [-0.39, 0.29) is 17.9 Å². The fourth-order valence-corrected chi connectivity index (χ4v) is 4.77. The summed E-state index contributed by atoms with van der Waals surface area (Å²) in [6.07, 6.45) is 6.69. The van der Waals surface area contributed by atoms with Gasteiger partial charge in [-0.15, -0.1) is 0 Å². The molecule has 1 fully saturated rings. The topological polar surface area (TPSA) is 44.1 Å². The van der Waals surface area contributed by atoms with Crippen molar-refractivity contribution in [2.75, 3.05) is 7.11 Å². The van der Waals surface area contributed by atoms with Crippen LogP contribution in [0.4, 0.5) is 4.39 Å². The normalized spacial score (nSPS) is 27.0. The van der Waals surface area contributed by atoms with Gasteiger partial charge in [-0.1, -0.05) is 23.7 Å². The fraction of sp³-hybridized carbons (Fsp3) is 0.500. The lowest BCUT2D eigenvalue weighted by atomic mass is 9.77. The number of ether oxygens (including phenoxy) is 1. The quantitative estimate of drug-likeness (QED) is 0.708. The van der Waals surface area contributed by atoms with Gasteiger partial charge in [0, 0.05) is 16.1 Å². The lowest BCUT2D eigenvalue weighted by Gasteiger charge is -2.33. The van der Waals surface area contributed by atoms with Gasteiger partial charge in [0.1, 0.15) is 5.67 Å². The zero-order valence-electron chi connectivity index (χ0n) is 14.8. The summed E-state index contributed by atoms with van der Waals surface area (Å²) >= 11 is 6.46. The second-order valence-electron chi connectivity index (χ2n) is 7.39. The summed E-state index contributed by atoms with van der Waals surface area (Å²) in [5, 5.41) is 0.721. The first kappa shape index (κ1) is 17.5. The van der Waals surface area contributed by atoms with Gasteiger partial charge in [0.25, 0.3) is 0 Å². The average molecular weight is 377 g/mol. The number of benzene rings is 1. The maximum absolute atomic E-state index is 15.3. The van der Waals surface area contributed by atoms with Gasteiger partial charge in [-0.3, -0.25) is 4.79 Å². The molecule has 2 aromatic rings. The molecule has 1 aromatic carbocycles. The highest BCUT2D eigenvalue weighted by molar-refractivity contribution is 6.32. The maximum Gasteiger partial charge on any atom is 0.308 e. The fourth-order valence-electron chi connectivity index (χ4n) is 4.47. The van der Waals surface area contributed by atoms with Gasteiger partial charge >= 0.3 is 5.97 Å². The van der Waals surface area contributed by atoms with E-state index in [1.54, 1.807) is 6.33 Å². The number of hydrogen-bond donors (Lipinski definition) is 0. The second kappa shape index (κ2) is 6.69.